The minimum absolute atomic E-state index is 0.0147. The number of nitrogens with one attached hydrogen (secondary N) is 1. The number of carbonyl (C=O) groups is 3. The number of ketones is 1. The van der Waals surface area contributed by atoms with Crippen molar-refractivity contribution in [3.05, 3.63) is 12.2 Å². The lowest BCUT2D eigenvalue weighted by Gasteiger charge is -2.16. The van der Waals surface area contributed by atoms with E-state index in [1.807, 2.05) is 0 Å². The van der Waals surface area contributed by atoms with Crippen LogP contribution in [-0.2, 0) is 14.4 Å². The monoisotopic (exact) mass is 287 g/mol. The second kappa shape index (κ2) is 7.30. The number of carboxylic acids is 1. The lowest BCUT2D eigenvalue weighted by molar-refractivity contribution is -0.136. The van der Waals surface area contributed by atoms with E-state index >= 15 is 0 Å². The highest BCUT2D eigenvalue weighted by atomic mass is 32.2. The molecule has 1 aliphatic carbocycles. The number of aliphatic hydroxyl groups excluding tert-OH is 1. The first-order valence-electron chi connectivity index (χ1n) is 5.89. The Hall–Kier alpha value is -1.34. The first kappa shape index (κ1) is 15.7. The molecule has 3 N–H and O–H groups in total. The maximum Gasteiger partial charge on any atom is 0.316 e. The van der Waals surface area contributed by atoms with E-state index in [4.69, 9.17) is 10.2 Å². The number of allylic oxidation sites excluding steroid dienone is 1. The van der Waals surface area contributed by atoms with E-state index in [-0.39, 0.29) is 30.1 Å². The van der Waals surface area contributed by atoms with Crippen molar-refractivity contribution in [2.24, 2.45) is 11.8 Å². The maximum atomic E-state index is 11.4. The first-order chi connectivity index (χ1) is 8.95. The summed E-state index contributed by atoms with van der Waals surface area (Å²) in [4.78, 5) is 31.4. The lowest BCUT2D eigenvalue weighted by Crippen LogP contribution is -2.23. The molecule has 3 atom stereocenters. The zero-order valence-corrected chi connectivity index (χ0v) is 11.4. The van der Waals surface area contributed by atoms with E-state index in [1.54, 1.807) is 13.0 Å². The quantitative estimate of drug-likeness (QED) is 0.597. The number of carbonyl (C=O) groups excluding carboxylic acids is 2. The number of amides is 1. The number of thioether (sulfide) groups is 1. The molecule has 106 valence electrons. The Bertz CT molecular complexity index is 390. The molecule has 0 bridgehead atoms. The summed E-state index contributed by atoms with van der Waals surface area (Å²) in [7, 11) is 0. The van der Waals surface area contributed by atoms with Crippen LogP contribution >= 0.6 is 11.8 Å². The number of aliphatic hydroxyl groups is 1. The van der Waals surface area contributed by atoms with Gasteiger partial charge in [-0.05, 0) is 13.0 Å². The summed E-state index contributed by atoms with van der Waals surface area (Å²) in [6.45, 7) is 2.13. The number of aliphatic carboxylic acids is 1. The zero-order valence-electron chi connectivity index (χ0n) is 10.5. The third-order valence-corrected chi connectivity index (χ3v) is 4.05. The van der Waals surface area contributed by atoms with Gasteiger partial charge in [-0.1, -0.05) is 6.08 Å². The van der Waals surface area contributed by atoms with Crippen LogP contribution < -0.4 is 5.32 Å². The molecule has 0 aromatic heterocycles. The second-order valence-corrected chi connectivity index (χ2v) is 5.68. The van der Waals surface area contributed by atoms with Crippen LogP contribution in [0.15, 0.2) is 12.2 Å². The average molecular weight is 287 g/mol. The van der Waals surface area contributed by atoms with Crippen molar-refractivity contribution in [1.29, 1.82) is 0 Å². The number of hydrogen-bond acceptors (Lipinski definition) is 5. The molecule has 0 aromatic rings. The van der Waals surface area contributed by atoms with Crippen LogP contribution in [0.2, 0.25) is 0 Å². The summed E-state index contributed by atoms with van der Waals surface area (Å²) in [5, 5.41) is 19.6. The van der Waals surface area contributed by atoms with Gasteiger partial charge in [0.1, 0.15) is 0 Å². The minimum atomic E-state index is -0.876. The Morgan fingerprint density at radius 3 is 2.58 bits per heavy atom. The largest absolute Gasteiger partial charge is 0.480 e. The van der Waals surface area contributed by atoms with Crippen LogP contribution in [0.5, 0.6) is 0 Å². The second-order valence-electron chi connectivity index (χ2n) is 4.30. The Balaban J connectivity index is 0.000000382. The fourth-order valence-corrected chi connectivity index (χ4v) is 2.49. The molecule has 1 saturated heterocycles. The van der Waals surface area contributed by atoms with Gasteiger partial charge in [-0.3, -0.25) is 14.4 Å². The predicted octanol–water partition coefficient (Wildman–Crippen LogP) is -0.328. The number of rotatable bonds is 5. The molecule has 3 unspecified atom stereocenters. The average Bonchev–Trinajstić information content (AvgIpc) is 3.06. The molecule has 0 saturated carbocycles. The first-order valence-corrected chi connectivity index (χ1v) is 6.94. The standard InChI is InChI=1S/C10H14O4S.C2H3NO/c1-6(10(13)14)15-5-8-7(4-11)2-3-9(8)12;4-2-1-3-2/h2-3,6-8,11H,4-5H2,1H3,(H,13,14);1H2,(H,3,4). The van der Waals surface area contributed by atoms with Gasteiger partial charge in [0.05, 0.1) is 18.4 Å². The summed E-state index contributed by atoms with van der Waals surface area (Å²) < 4.78 is 0. The van der Waals surface area contributed by atoms with Crippen molar-refractivity contribution in [3.63, 3.8) is 0 Å². The summed E-state index contributed by atoms with van der Waals surface area (Å²) in [5.41, 5.74) is 0. The summed E-state index contributed by atoms with van der Waals surface area (Å²) >= 11 is 1.23. The predicted molar refractivity (Wildman–Crippen MR) is 70.8 cm³/mol. The van der Waals surface area contributed by atoms with Crippen molar-refractivity contribution in [1.82, 2.24) is 5.32 Å². The van der Waals surface area contributed by atoms with Crippen molar-refractivity contribution in [2.75, 3.05) is 18.9 Å². The van der Waals surface area contributed by atoms with Gasteiger partial charge >= 0.3 is 5.97 Å². The van der Waals surface area contributed by atoms with Gasteiger partial charge in [-0.15, -0.1) is 11.8 Å². The van der Waals surface area contributed by atoms with E-state index in [2.05, 4.69) is 5.32 Å². The molecule has 0 aromatic carbocycles. The van der Waals surface area contributed by atoms with Crippen molar-refractivity contribution in [3.8, 4) is 0 Å². The fraction of sp³-hybridized carbons (Fsp3) is 0.583. The highest BCUT2D eigenvalue weighted by molar-refractivity contribution is 8.00. The van der Waals surface area contributed by atoms with Gasteiger partial charge in [0, 0.05) is 17.6 Å². The smallest absolute Gasteiger partial charge is 0.316 e. The van der Waals surface area contributed by atoms with Crippen LogP contribution in [0, 0.1) is 11.8 Å². The lowest BCUT2D eigenvalue weighted by atomic mass is 9.98. The van der Waals surface area contributed by atoms with E-state index < -0.39 is 11.2 Å². The summed E-state index contributed by atoms with van der Waals surface area (Å²) in [6, 6.07) is 0. The summed E-state index contributed by atoms with van der Waals surface area (Å²) in [5.74, 6) is -0.685. The van der Waals surface area contributed by atoms with Crippen molar-refractivity contribution in [2.45, 2.75) is 12.2 Å². The zero-order chi connectivity index (χ0) is 14.4. The van der Waals surface area contributed by atoms with E-state index in [0.29, 0.717) is 12.3 Å². The molecule has 19 heavy (non-hydrogen) atoms. The van der Waals surface area contributed by atoms with Crippen LogP contribution in [-0.4, -0.2) is 52.0 Å². The van der Waals surface area contributed by atoms with Crippen molar-refractivity contribution < 1.29 is 24.6 Å². The minimum Gasteiger partial charge on any atom is -0.480 e. The van der Waals surface area contributed by atoms with E-state index in [0.717, 1.165) is 0 Å². The Morgan fingerprint density at radius 2 is 2.16 bits per heavy atom. The molecule has 1 aliphatic heterocycles. The van der Waals surface area contributed by atoms with E-state index in [9.17, 15) is 14.4 Å². The Kier molecular flexibility index (Phi) is 6.04. The topological polar surface area (TPSA) is 114 Å². The number of hydrogen-bond donors (Lipinski definition) is 3. The van der Waals surface area contributed by atoms with Crippen LogP contribution in [0.3, 0.4) is 0 Å². The molecular formula is C12H17NO5S. The van der Waals surface area contributed by atoms with E-state index in [1.165, 1.54) is 17.8 Å². The molecule has 2 rings (SSSR count). The third kappa shape index (κ3) is 5.44. The molecule has 0 spiro atoms. The van der Waals surface area contributed by atoms with Crippen LogP contribution in [0.1, 0.15) is 6.92 Å². The molecule has 1 amide bonds. The number of carboxylic acid groups (broad SMARTS) is 1. The van der Waals surface area contributed by atoms with Gasteiger partial charge < -0.3 is 15.5 Å². The molecule has 1 fully saturated rings. The van der Waals surface area contributed by atoms with Gasteiger partial charge in [0.25, 0.3) is 0 Å². The SMILES string of the molecule is CC(SCC1C(=O)C=CC1CO)C(=O)O.O=C1CN1. The summed E-state index contributed by atoms with van der Waals surface area (Å²) in [6.07, 6.45) is 3.16. The van der Waals surface area contributed by atoms with Crippen LogP contribution in [0.4, 0.5) is 0 Å². The molecular weight excluding hydrogens is 270 g/mol. The van der Waals surface area contributed by atoms with Gasteiger partial charge in [-0.2, -0.15) is 0 Å². The third-order valence-electron chi connectivity index (χ3n) is 2.80. The normalized spacial score (nSPS) is 25.4. The van der Waals surface area contributed by atoms with Crippen LogP contribution in [0.25, 0.3) is 0 Å². The molecule has 0 radical (unpaired) electrons. The highest BCUT2D eigenvalue weighted by Gasteiger charge is 2.30. The van der Waals surface area contributed by atoms with Gasteiger partial charge in [-0.25, -0.2) is 0 Å². The molecule has 2 aliphatic rings. The Morgan fingerprint density at radius 1 is 1.58 bits per heavy atom. The molecule has 7 heteroatoms. The van der Waals surface area contributed by atoms with Gasteiger partial charge in [0.2, 0.25) is 5.91 Å². The highest BCUT2D eigenvalue weighted by Crippen LogP contribution is 2.27. The molecule has 6 nitrogen and oxygen atoms in total. The van der Waals surface area contributed by atoms with Gasteiger partial charge in [0.15, 0.2) is 5.78 Å². The Labute approximate surface area is 115 Å². The van der Waals surface area contributed by atoms with Crippen molar-refractivity contribution >= 4 is 29.4 Å². The fourth-order valence-electron chi connectivity index (χ4n) is 1.44. The molecule has 1 heterocycles. The maximum absolute atomic E-state index is 11.4.